The molecule has 106 valence electrons. The van der Waals surface area contributed by atoms with Crippen LogP contribution in [0.5, 0.6) is 0 Å². The van der Waals surface area contributed by atoms with Crippen molar-refractivity contribution in [2.45, 2.75) is 24.7 Å². The third-order valence-electron chi connectivity index (χ3n) is 3.14. The molecule has 0 aromatic heterocycles. The van der Waals surface area contributed by atoms with E-state index in [2.05, 4.69) is 4.72 Å². The summed E-state index contributed by atoms with van der Waals surface area (Å²) in [5, 5.41) is 0. The molecule has 0 spiro atoms. The number of nitrogens with two attached hydrogens (primary N) is 1. The Hall–Kier alpha value is -1.11. The summed E-state index contributed by atoms with van der Waals surface area (Å²) in [6.07, 6.45) is 2.47. The number of ether oxygens (including phenoxy) is 1. The van der Waals surface area contributed by atoms with Crippen LogP contribution in [0.3, 0.4) is 0 Å². The summed E-state index contributed by atoms with van der Waals surface area (Å²) in [6.45, 7) is 3.22. The van der Waals surface area contributed by atoms with Gasteiger partial charge in [-0.15, -0.1) is 0 Å². The summed E-state index contributed by atoms with van der Waals surface area (Å²) >= 11 is 0. The second kappa shape index (κ2) is 5.90. The van der Waals surface area contributed by atoms with Crippen molar-refractivity contribution in [1.82, 2.24) is 4.72 Å². The first-order chi connectivity index (χ1) is 8.99. The van der Waals surface area contributed by atoms with E-state index in [-0.39, 0.29) is 4.90 Å². The van der Waals surface area contributed by atoms with Crippen molar-refractivity contribution >= 4 is 15.7 Å². The highest BCUT2D eigenvalue weighted by Crippen LogP contribution is 2.28. The van der Waals surface area contributed by atoms with Gasteiger partial charge in [0.1, 0.15) is 0 Å². The topological polar surface area (TPSA) is 81.4 Å². The Morgan fingerprint density at radius 1 is 1.42 bits per heavy atom. The maximum atomic E-state index is 12.0. The van der Waals surface area contributed by atoms with Gasteiger partial charge in [-0.25, -0.2) is 13.1 Å². The van der Waals surface area contributed by atoms with E-state index in [1.54, 1.807) is 19.1 Å². The van der Waals surface area contributed by atoms with Gasteiger partial charge in [0.25, 0.3) is 0 Å². The van der Waals surface area contributed by atoms with E-state index in [0.717, 1.165) is 12.2 Å². The van der Waals surface area contributed by atoms with Gasteiger partial charge in [-0.1, -0.05) is 0 Å². The zero-order chi connectivity index (χ0) is 13.9. The molecule has 0 amide bonds. The number of nitrogen functional groups attached to an aromatic ring is 1. The van der Waals surface area contributed by atoms with E-state index in [4.69, 9.17) is 10.5 Å². The average molecular weight is 284 g/mol. The molecule has 3 N–H and O–H groups in total. The van der Waals surface area contributed by atoms with Crippen LogP contribution in [-0.2, 0) is 14.8 Å². The number of rotatable bonds is 7. The number of hydrogen-bond donors (Lipinski definition) is 2. The summed E-state index contributed by atoms with van der Waals surface area (Å²) < 4.78 is 31.9. The van der Waals surface area contributed by atoms with Gasteiger partial charge < -0.3 is 10.5 Å². The maximum Gasteiger partial charge on any atom is 0.240 e. The SMILES string of the molecule is Cc1cc(S(=O)(=O)NCCOCC2CC2)ccc1N. The van der Waals surface area contributed by atoms with Crippen molar-refractivity contribution in [3.8, 4) is 0 Å². The fraction of sp³-hybridized carbons (Fsp3) is 0.538. The van der Waals surface area contributed by atoms with Gasteiger partial charge in [-0.2, -0.15) is 0 Å². The molecular formula is C13H20N2O3S. The average Bonchev–Trinajstić information content (AvgIpc) is 3.16. The summed E-state index contributed by atoms with van der Waals surface area (Å²) in [5.41, 5.74) is 7.02. The lowest BCUT2D eigenvalue weighted by atomic mass is 10.2. The minimum absolute atomic E-state index is 0.237. The Bertz CT molecular complexity index is 539. The third-order valence-corrected chi connectivity index (χ3v) is 4.60. The van der Waals surface area contributed by atoms with Crippen LogP contribution in [0.4, 0.5) is 5.69 Å². The van der Waals surface area contributed by atoms with Crippen molar-refractivity contribution in [2.24, 2.45) is 5.92 Å². The molecule has 0 radical (unpaired) electrons. The molecule has 0 heterocycles. The Morgan fingerprint density at radius 2 is 2.16 bits per heavy atom. The van der Waals surface area contributed by atoms with Gasteiger partial charge in [0, 0.05) is 18.8 Å². The van der Waals surface area contributed by atoms with Gasteiger partial charge in [0.15, 0.2) is 0 Å². The van der Waals surface area contributed by atoms with Crippen LogP contribution in [0, 0.1) is 12.8 Å². The van der Waals surface area contributed by atoms with E-state index >= 15 is 0 Å². The Labute approximate surface area is 114 Å². The molecule has 5 nitrogen and oxygen atoms in total. The molecule has 6 heteroatoms. The zero-order valence-electron chi connectivity index (χ0n) is 11.1. The minimum Gasteiger partial charge on any atom is -0.399 e. The lowest BCUT2D eigenvalue weighted by Crippen LogP contribution is -2.27. The van der Waals surface area contributed by atoms with E-state index in [9.17, 15) is 8.42 Å². The van der Waals surface area contributed by atoms with Crippen molar-refractivity contribution in [3.05, 3.63) is 23.8 Å². The highest BCUT2D eigenvalue weighted by Gasteiger charge is 2.21. The van der Waals surface area contributed by atoms with Gasteiger partial charge >= 0.3 is 0 Å². The van der Waals surface area contributed by atoms with Gasteiger partial charge in [-0.05, 0) is 49.4 Å². The maximum absolute atomic E-state index is 12.0. The first-order valence-electron chi connectivity index (χ1n) is 6.42. The van der Waals surface area contributed by atoms with Gasteiger partial charge in [-0.3, -0.25) is 0 Å². The second-order valence-corrected chi connectivity index (χ2v) is 6.70. The lowest BCUT2D eigenvalue weighted by molar-refractivity contribution is 0.129. The molecule has 19 heavy (non-hydrogen) atoms. The van der Waals surface area contributed by atoms with Gasteiger partial charge in [0.2, 0.25) is 10.0 Å². The highest BCUT2D eigenvalue weighted by molar-refractivity contribution is 7.89. The molecule has 0 bridgehead atoms. The van der Waals surface area contributed by atoms with Crippen LogP contribution < -0.4 is 10.5 Å². The molecule has 0 atom stereocenters. The summed E-state index contributed by atoms with van der Waals surface area (Å²) in [6, 6.07) is 4.69. The quantitative estimate of drug-likeness (QED) is 0.584. The zero-order valence-corrected chi connectivity index (χ0v) is 11.9. The molecule has 1 aromatic carbocycles. The monoisotopic (exact) mass is 284 g/mol. The smallest absolute Gasteiger partial charge is 0.240 e. The van der Waals surface area contributed by atoms with Crippen LogP contribution >= 0.6 is 0 Å². The summed E-state index contributed by atoms with van der Waals surface area (Å²) in [5.74, 6) is 0.691. The number of aryl methyl sites for hydroxylation is 1. The van der Waals surface area contributed by atoms with Crippen LogP contribution in [0.15, 0.2) is 23.1 Å². The predicted octanol–water partition coefficient (Wildman–Crippen LogP) is 1.28. The second-order valence-electron chi connectivity index (χ2n) is 4.93. The molecular weight excluding hydrogens is 264 g/mol. The largest absolute Gasteiger partial charge is 0.399 e. The molecule has 0 aliphatic heterocycles. The number of hydrogen-bond acceptors (Lipinski definition) is 4. The fourth-order valence-electron chi connectivity index (χ4n) is 1.68. The van der Waals surface area contributed by atoms with Crippen molar-refractivity contribution in [3.63, 3.8) is 0 Å². The Balaban J connectivity index is 1.84. The number of anilines is 1. The van der Waals surface area contributed by atoms with Crippen LogP contribution in [0.25, 0.3) is 0 Å². The van der Waals surface area contributed by atoms with Crippen LogP contribution in [-0.4, -0.2) is 28.2 Å². The fourth-order valence-corrected chi connectivity index (χ4v) is 2.78. The van der Waals surface area contributed by atoms with E-state index in [1.165, 1.54) is 18.9 Å². The molecule has 1 aliphatic rings. The molecule has 1 saturated carbocycles. The molecule has 1 aromatic rings. The van der Waals surface area contributed by atoms with Crippen molar-refractivity contribution in [2.75, 3.05) is 25.5 Å². The molecule has 2 rings (SSSR count). The first-order valence-corrected chi connectivity index (χ1v) is 7.91. The van der Waals surface area contributed by atoms with E-state index in [0.29, 0.717) is 24.8 Å². The van der Waals surface area contributed by atoms with Crippen LogP contribution in [0.2, 0.25) is 0 Å². The molecule has 1 aliphatic carbocycles. The highest BCUT2D eigenvalue weighted by atomic mass is 32.2. The minimum atomic E-state index is -3.47. The third kappa shape index (κ3) is 4.19. The Kier molecular flexibility index (Phi) is 4.44. The summed E-state index contributed by atoms with van der Waals surface area (Å²) in [7, 11) is -3.47. The van der Waals surface area contributed by atoms with Crippen molar-refractivity contribution in [1.29, 1.82) is 0 Å². The number of benzene rings is 1. The van der Waals surface area contributed by atoms with Crippen LogP contribution in [0.1, 0.15) is 18.4 Å². The van der Waals surface area contributed by atoms with Gasteiger partial charge in [0.05, 0.1) is 11.5 Å². The molecule has 0 saturated heterocycles. The lowest BCUT2D eigenvalue weighted by Gasteiger charge is -2.09. The number of nitrogens with one attached hydrogen (secondary N) is 1. The first kappa shape index (κ1) is 14.3. The van der Waals surface area contributed by atoms with E-state index in [1.807, 2.05) is 0 Å². The molecule has 0 unspecified atom stereocenters. The Morgan fingerprint density at radius 3 is 2.79 bits per heavy atom. The summed E-state index contributed by atoms with van der Waals surface area (Å²) in [4.78, 5) is 0.237. The normalized spacial score (nSPS) is 15.6. The number of sulfonamides is 1. The molecule has 1 fully saturated rings. The van der Waals surface area contributed by atoms with Crippen molar-refractivity contribution < 1.29 is 13.2 Å². The van der Waals surface area contributed by atoms with E-state index < -0.39 is 10.0 Å². The standard InChI is InChI=1S/C13H20N2O3S/c1-10-8-12(4-5-13(10)14)19(16,17)15-6-7-18-9-11-2-3-11/h4-5,8,11,15H,2-3,6-7,9,14H2,1H3. The predicted molar refractivity (Wildman–Crippen MR) is 74.3 cm³/mol.